The van der Waals surface area contributed by atoms with Crippen molar-refractivity contribution in [1.29, 1.82) is 0 Å². The monoisotopic (exact) mass is 334 g/mol. The second-order valence-corrected chi connectivity index (χ2v) is 6.94. The molecule has 0 radical (unpaired) electrons. The second kappa shape index (κ2) is 6.23. The normalized spacial score (nSPS) is 26.4. The van der Waals surface area contributed by atoms with Gasteiger partial charge in [-0.05, 0) is 25.3 Å². The van der Waals surface area contributed by atoms with Crippen molar-refractivity contribution in [3.8, 4) is 0 Å². The summed E-state index contributed by atoms with van der Waals surface area (Å²) in [5.74, 6) is -1.07. The topological polar surface area (TPSA) is 86.7 Å². The Morgan fingerprint density at radius 2 is 2.22 bits per heavy atom. The van der Waals surface area contributed by atoms with Crippen LogP contribution in [0.5, 0.6) is 0 Å². The predicted molar refractivity (Wildman–Crippen MR) is 86.4 cm³/mol. The Balaban J connectivity index is 1.63. The Morgan fingerprint density at radius 3 is 2.87 bits per heavy atom. The standard InChI is InChI=1S/C16H18N2O4S/c1-9-8-23-15-12(14(20)18(15)13(9)16(21)22)17-11(19)7-10-5-3-2-4-6-10/h2-3,6,12,15H,4-5,7-8H2,1H3,(H,17,19)(H,21,22)/t12?,15-/m0/s1. The molecule has 1 aliphatic carbocycles. The molecule has 0 spiro atoms. The molecule has 2 atom stereocenters. The molecular formula is C16H18N2O4S. The molecule has 2 heterocycles. The lowest BCUT2D eigenvalue weighted by molar-refractivity contribution is -0.150. The summed E-state index contributed by atoms with van der Waals surface area (Å²) in [5, 5.41) is 11.7. The number of amides is 2. The van der Waals surface area contributed by atoms with Crippen LogP contribution in [0, 0.1) is 0 Å². The van der Waals surface area contributed by atoms with E-state index in [1.54, 1.807) is 6.92 Å². The Kier molecular flexibility index (Phi) is 4.30. The predicted octanol–water partition coefficient (Wildman–Crippen LogP) is 1.41. The SMILES string of the molecule is CC1=C(C(=O)O)N2C(=O)C(NC(=O)CC3=CCC=CC3)[C@@H]2SC1. The van der Waals surface area contributed by atoms with Crippen molar-refractivity contribution in [2.75, 3.05) is 5.75 Å². The lowest BCUT2D eigenvalue weighted by Crippen LogP contribution is -2.70. The number of hydrogen-bond donors (Lipinski definition) is 2. The number of hydrogen-bond acceptors (Lipinski definition) is 4. The van der Waals surface area contributed by atoms with Gasteiger partial charge < -0.3 is 10.4 Å². The number of carbonyl (C=O) groups excluding carboxylic acids is 2. The first-order valence-electron chi connectivity index (χ1n) is 7.49. The van der Waals surface area contributed by atoms with Gasteiger partial charge in [0.25, 0.3) is 5.91 Å². The molecular weight excluding hydrogens is 316 g/mol. The van der Waals surface area contributed by atoms with Gasteiger partial charge >= 0.3 is 5.97 Å². The van der Waals surface area contributed by atoms with Crippen molar-refractivity contribution >= 4 is 29.5 Å². The van der Waals surface area contributed by atoms with Gasteiger partial charge in [-0.15, -0.1) is 11.8 Å². The van der Waals surface area contributed by atoms with Gasteiger partial charge in [0.05, 0.1) is 0 Å². The summed E-state index contributed by atoms with van der Waals surface area (Å²) in [7, 11) is 0. The number of carboxylic acids is 1. The zero-order chi connectivity index (χ0) is 16.6. The van der Waals surface area contributed by atoms with Crippen molar-refractivity contribution in [3.05, 3.63) is 35.1 Å². The molecule has 0 aromatic heterocycles. The fourth-order valence-electron chi connectivity index (χ4n) is 3.00. The van der Waals surface area contributed by atoms with Crippen LogP contribution in [0.1, 0.15) is 26.2 Å². The Labute approximate surface area is 138 Å². The largest absolute Gasteiger partial charge is 0.477 e. The van der Waals surface area contributed by atoms with Gasteiger partial charge in [-0.2, -0.15) is 0 Å². The van der Waals surface area contributed by atoms with E-state index >= 15 is 0 Å². The first-order chi connectivity index (χ1) is 11.0. The number of fused-ring (bicyclic) bond motifs is 1. The van der Waals surface area contributed by atoms with Gasteiger partial charge in [-0.3, -0.25) is 14.5 Å². The van der Waals surface area contributed by atoms with Crippen molar-refractivity contribution in [2.24, 2.45) is 0 Å². The van der Waals surface area contributed by atoms with Gasteiger partial charge in [0.15, 0.2) is 0 Å². The van der Waals surface area contributed by atoms with Crippen LogP contribution in [0.25, 0.3) is 0 Å². The maximum atomic E-state index is 12.3. The van der Waals surface area contributed by atoms with Crippen molar-refractivity contribution in [3.63, 3.8) is 0 Å². The summed E-state index contributed by atoms with van der Waals surface area (Å²) in [6.07, 6.45) is 7.99. The maximum Gasteiger partial charge on any atom is 0.352 e. The molecule has 1 unspecified atom stereocenters. The minimum absolute atomic E-state index is 0.0596. The molecule has 0 aromatic rings. The van der Waals surface area contributed by atoms with Crippen LogP contribution in [-0.4, -0.2) is 45.0 Å². The van der Waals surface area contributed by atoms with Crippen LogP contribution in [-0.2, 0) is 14.4 Å². The number of carboxylic acid groups (broad SMARTS) is 1. The minimum Gasteiger partial charge on any atom is -0.477 e. The summed E-state index contributed by atoms with van der Waals surface area (Å²) in [6.45, 7) is 1.72. The zero-order valence-corrected chi connectivity index (χ0v) is 13.6. The highest BCUT2D eigenvalue weighted by atomic mass is 32.2. The number of β-lactam (4-membered cyclic amide) rings is 1. The molecule has 122 valence electrons. The zero-order valence-electron chi connectivity index (χ0n) is 12.7. The molecule has 2 amide bonds. The number of thioether (sulfide) groups is 1. The molecule has 0 saturated carbocycles. The molecule has 1 saturated heterocycles. The third-order valence-corrected chi connectivity index (χ3v) is 5.58. The van der Waals surface area contributed by atoms with Crippen molar-refractivity contribution in [2.45, 2.75) is 37.6 Å². The van der Waals surface area contributed by atoms with E-state index in [9.17, 15) is 19.5 Å². The van der Waals surface area contributed by atoms with E-state index in [1.165, 1.54) is 16.7 Å². The summed E-state index contributed by atoms with van der Waals surface area (Å²) in [6, 6.07) is -0.630. The maximum absolute atomic E-state index is 12.3. The number of aliphatic carboxylic acids is 1. The summed E-state index contributed by atoms with van der Waals surface area (Å²) in [4.78, 5) is 37.0. The van der Waals surface area contributed by atoms with Gasteiger partial charge in [0.2, 0.25) is 5.91 Å². The third kappa shape index (κ3) is 2.93. The highest BCUT2D eigenvalue weighted by Crippen LogP contribution is 2.40. The highest BCUT2D eigenvalue weighted by Gasteiger charge is 2.53. The van der Waals surface area contributed by atoms with Crippen LogP contribution in [0.4, 0.5) is 0 Å². The van der Waals surface area contributed by atoms with Crippen molar-refractivity contribution in [1.82, 2.24) is 10.2 Å². The summed E-state index contributed by atoms with van der Waals surface area (Å²) >= 11 is 1.49. The van der Waals surface area contributed by atoms with E-state index in [2.05, 4.69) is 11.4 Å². The second-order valence-electron chi connectivity index (χ2n) is 5.84. The first-order valence-corrected chi connectivity index (χ1v) is 8.54. The van der Waals surface area contributed by atoms with E-state index < -0.39 is 12.0 Å². The number of carbonyl (C=O) groups is 3. The van der Waals surface area contributed by atoms with Gasteiger partial charge in [0, 0.05) is 12.2 Å². The molecule has 1 fully saturated rings. The summed E-state index contributed by atoms with van der Waals surface area (Å²) in [5.41, 5.74) is 1.78. The molecule has 7 heteroatoms. The number of nitrogens with one attached hydrogen (secondary N) is 1. The van der Waals surface area contributed by atoms with Crippen LogP contribution < -0.4 is 5.32 Å². The van der Waals surface area contributed by atoms with E-state index in [-0.39, 0.29) is 29.3 Å². The van der Waals surface area contributed by atoms with Gasteiger partial charge in [0.1, 0.15) is 17.1 Å². The average molecular weight is 334 g/mol. The van der Waals surface area contributed by atoms with E-state index in [1.807, 2.05) is 12.2 Å². The Hall–Kier alpha value is -2.02. The fraction of sp³-hybridized carbons (Fsp3) is 0.438. The van der Waals surface area contributed by atoms with Crippen molar-refractivity contribution < 1.29 is 19.5 Å². The number of allylic oxidation sites excluding steroid dienone is 3. The lowest BCUT2D eigenvalue weighted by Gasteiger charge is -2.49. The van der Waals surface area contributed by atoms with E-state index in [0.717, 1.165) is 18.4 Å². The average Bonchev–Trinajstić information content (AvgIpc) is 2.53. The molecule has 0 bridgehead atoms. The molecule has 2 N–H and O–H groups in total. The Morgan fingerprint density at radius 1 is 1.43 bits per heavy atom. The Bertz CT molecular complexity index is 665. The third-order valence-electron chi connectivity index (χ3n) is 4.15. The number of rotatable bonds is 4. The van der Waals surface area contributed by atoms with Crippen LogP contribution in [0.15, 0.2) is 35.1 Å². The van der Waals surface area contributed by atoms with Crippen LogP contribution in [0.3, 0.4) is 0 Å². The minimum atomic E-state index is -1.09. The van der Waals surface area contributed by atoms with Gasteiger partial charge in [-0.25, -0.2) is 4.79 Å². The molecule has 3 aliphatic rings. The first kappa shape index (κ1) is 15.9. The molecule has 23 heavy (non-hydrogen) atoms. The van der Waals surface area contributed by atoms with Crippen LogP contribution >= 0.6 is 11.8 Å². The smallest absolute Gasteiger partial charge is 0.352 e. The lowest BCUT2D eigenvalue weighted by atomic mass is 10.0. The van der Waals surface area contributed by atoms with E-state index in [0.29, 0.717) is 11.3 Å². The molecule has 2 aliphatic heterocycles. The van der Waals surface area contributed by atoms with E-state index in [4.69, 9.17) is 0 Å². The summed E-state index contributed by atoms with van der Waals surface area (Å²) < 4.78 is 0. The molecule has 0 aromatic carbocycles. The van der Waals surface area contributed by atoms with Crippen LogP contribution in [0.2, 0.25) is 0 Å². The highest BCUT2D eigenvalue weighted by molar-refractivity contribution is 8.00. The molecule has 6 nitrogen and oxygen atoms in total. The molecule has 3 rings (SSSR count). The van der Waals surface area contributed by atoms with Gasteiger partial charge in [-0.1, -0.05) is 23.8 Å². The fourth-order valence-corrected chi connectivity index (χ4v) is 4.29. The quantitative estimate of drug-likeness (QED) is 0.600. The number of nitrogens with zero attached hydrogens (tertiary/aromatic N) is 1.